The number of carbonyl (C=O) groups excluding carboxylic acids is 3. The molecule has 1 aromatic heterocycles. The van der Waals surface area contributed by atoms with Gasteiger partial charge in [0.25, 0.3) is 0 Å². The summed E-state index contributed by atoms with van der Waals surface area (Å²) in [5.41, 5.74) is 1.31. The number of H-pyrrole nitrogens is 1. The Bertz CT molecular complexity index is 923. The Morgan fingerprint density at radius 3 is 2.54 bits per heavy atom. The Morgan fingerprint density at radius 1 is 1.14 bits per heavy atom. The van der Waals surface area contributed by atoms with Gasteiger partial charge in [-0.1, -0.05) is 30.3 Å². The van der Waals surface area contributed by atoms with Crippen molar-refractivity contribution in [1.82, 2.24) is 15.6 Å². The molecule has 0 saturated heterocycles. The molecule has 9 heteroatoms. The molecule has 2 heterocycles. The van der Waals surface area contributed by atoms with Crippen molar-refractivity contribution in [3.05, 3.63) is 69.6 Å². The zero-order valence-corrected chi connectivity index (χ0v) is 16.5. The van der Waals surface area contributed by atoms with E-state index in [2.05, 4.69) is 31.5 Å². The SMILES string of the molecule is CCOC(=O)C1=C(COC(=O)c2cc(Br)c[nH]2)NC(=O)NC1c1ccccc1. The Hall–Kier alpha value is -3.07. The molecule has 0 aliphatic carbocycles. The number of aromatic amines is 1. The van der Waals surface area contributed by atoms with Crippen molar-refractivity contribution in [1.29, 1.82) is 0 Å². The monoisotopic (exact) mass is 447 g/mol. The molecule has 0 fully saturated rings. The van der Waals surface area contributed by atoms with Crippen molar-refractivity contribution in [2.24, 2.45) is 0 Å². The van der Waals surface area contributed by atoms with Gasteiger partial charge < -0.3 is 25.1 Å². The van der Waals surface area contributed by atoms with E-state index >= 15 is 0 Å². The van der Waals surface area contributed by atoms with E-state index < -0.39 is 24.0 Å². The molecule has 8 nitrogen and oxygen atoms in total. The van der Waals surface area contributed by atoms with Gasteiger partial charge in [0.1, 0.15) is 12.3 Å². The minimum absolute atomic E-state index is 0.168. The van der Waals surface area contributed by atoms with Gasteiger partial charge in [-0.2, -0.15) is 0 Å². The summed E-state index contributed by atoms with van der Waals surface area (Å²) in [5, 5.41) is 5.26. The highest BCUT2D eigenvalue weighted by atomic mass is 79.9. The molecule has 3 N–H and O–H groups in total. The lowest BCUT2D eigenvalue weighted by Gasteiger charge is -2.29. The largest absolute Gasteiger partial charge is 0.463 e. The number of ether oxygens (including phenoxy) is 2. The van der Waals surface area contributed by atoms with Crippen molar-refractivity contribution in [2.45, 2.75) is 13.0 Å². The predicted octanol–water partition coefficient (Wildman–Crippen LogP) is 2.81. The summed E-state index contributed by atoms with van der Waals surface area (Å²) in [6.07, 6.45) is 1.59. The lowest BCUT2D eigenvalue weighted by Crippen LogP contribution is -2.47. The topological polar surface area (TPSA) is 110 Å². The third-order valence-corrected chi connectivity index (χ3v) is 4.46. The average molecular weight is 448 g/mol. The van der Waals surface area contributed by atoms with Crippen LogP contribution in [0.15, 0.2) is 58.3 Å². The maximum absolute atomic E-state index is 12.6. The smallest absolute Gasteiger partial charge is 0.355 e. The lowest BCUT2D eigenvalue weighted by molar-refractivity contribution is -0.139. The number of hydrogen-bond donors (Lipinski definition) is 3. The number of hydrogen-bond acceptors (Lipinski definition) is 5. The molecule has 1 unspecified atom stereocenters. The van der Waals surface area contributed by atoms with E-state index in [9.17, 15) is 14.4 Å². The van der Waals surface area contributed by atoms with Crippen LogP contribution >= 0.6 is 15.9 Å². The molecule has 2 amide bonds. The number of benzene rings is 1. The summed E-state index contributed by atoms with van der Waals surface area (Å²) >= 11 is 3.24. The summed E-state index contributed by atoms with van der Waals surface area (Å²) < 4.78 is 11.1. The number of amides is 2. The van der Waals surface area contributed by atoms with Crippen LogP contribution < -0.4 is 10.6 Å². The molecule has 146 valence electrons. The predicted molar refractivity (Wildman–Crippen MR) is 103 cm³/mol. The minimum Gasteiger partial charge on any atom is -0.463 e. The molecule has 0 radical (unpaired) electrons. The molecule has 28 heavy (non-hydrogen) atoms. The maximum Gasteiger partial charge on any atom is 0.355 e. The molecule has 0 bridgehead atoms. The molecule has 1 aromatic carbocycles. The average Bonchev–Trinajstić information content (AvgIpc) is 3.13. The van der Waals surface area contributed by atoms with E-state index in [-0.39, 0.29) is 30.2 Å². The summed E-state index contributed by atoms with van der Waals surface area (Å²) in [7, 11) is 0. The standard InChI is InChI=1S/C19H18BrN3O5/c1-2-27-18(25)15-14(10-28-17(24)13-8-12(20)9-21-13)22-19(26)23-16(15)11-6-4-3-5-7-11/h3-9,16,21H,2,10H2,1H3,(H2,22,23,26). The summed E-state index contributed by atoms with van der Waals surface area (Å²) in [4.78, 5) is 39.7. The Labute approximate surface area is 169 Å². The Balaban J connectivity index is 1.90. The van der Waals surface area contributed by atoms with E-state index in [1.807, 2.05) is 6.07 Å². The molecule has 1 aliphatic heterocycles. The third-order valence-electron chi connectivity index (χ3n) is 4.00. The second-order valence-corrected chi connectivity index (χ2v) is 6.78. The van der Waals surface area contributed by atoms with Crippen molar-refractivity contribution in [3.8, 4) is 0 Å². The molecule has 0 spiro atoms. The highest BCUT2D eigenvalue weighted by molar-refractivity contribution is 9.10. The van der Waals surface area contributed by atoms with Crippen LogP contribution in [0.4, 0.5) is 4.79 Å². The Morgan fingerprint density at radius 2 is 1.89 bits per heavy atom. The van der Waals surface area contributed by atoms with Crippen LogP contribution in [-0.4, -0.2) is 36.2 Å². The third kappa shape index (κ3) is 4.42. The number of esters is 2. The molecule has 1 atom stereocenters. The number of nitrogens with one attached hydrogen (secondary N) is 3. The number of carbonyl (C=O) groups is 3. The van der Waals surface area contributed by atoms with Crippen molar-refractivity contribution >= 4 is 33.9 Å². The van der Waals surface area contributed by atoms with Gasteiger partial charge in [0, 0.05) is 10.7 Å². The Kier molecular flexibility index (Phi) is 6.15. The first-order chi connectivity index (χ1) is 13.5. The molecule has 1 aliphatic rings. The van der Waals surface area contributed by atoms with Crippen LogP contribution in [0.2, 0.25) is 0 Å². The van der Waals surface area contributed by atoms with Crippen LogP contribution in [0, 0.1) is 0 Å². The highest BCUT2D eigenvalue weighted by Crippen LogP contribution is 2.28. The molecule has 0 saturated carbocycles. The fraction of sp³-hybridized carbons (Fsp3) is 0.211. The van der Waals surface area contributed by atoms with Gasteiger partial charge in [0.05, 0.1) is 23.9 Å². The van der Waals surface area contributed by atoms with E-state index in [0.717, 1.165) is 0 Å². The van der Waals surface area contributed by atoms with E-state index in [1.165, 1.54) is 0 Å². The van der Waals surface area contributed by atoms with Crippen LogP contribution in [0.25, 0.3) is 0 Å². The number of urea groups is 1. The molecule has 2 aromatic rings. The first-order valence-corrected chi connectivity index (χ1v) is 9.32. The van der Waals surface area contributed by atoms with Crippen molar-refractivity contribution < 1.29 is 23.9 Å². The summed E-state index contributed by atoms with van der Waals surface area (Å²) in [6.45, 7) is 1.56. The number of rotatable bonds is 6. The highest BCUT2D eigenvalue weighted by Gasteiger charge is 2.34. The zero-order chi connectivity index (χ0) is 20.1. The van der Waals surface area contributed by atoms with E-state index in [1.54, 1.807) is 43.5 Å². The van der Waals surface area contributed by atoms with Crippen LogP contribution in [-0.2, 0) is 14.3 Å². The minimum atomic E-state index is -0.720. The fourth-order valence-corrected chi connectivity index (χ4v) is 3.12. The number of aromatic nitrogens is 1. The van der Waals surface area contributed by atoms with Crippen LogP contribution in [0.5, 0.6) is 0 Å². The van der Waals surface area contributed by atoms with Gasteiger partial charge in [-0.05, 0) is 34.5 Å². The lowest BCUT2D eigenvalue weighted by atomic mass is 9.95. The van der Waals surface area contributed by atoms with Crippen molar-refractivity contribution in [3.63, 3.8) is 0 Å². The fourth-order valence-electron chi connectivity index (χ4n) is 2.78. The van der Waals surface area contributed by atoms with Gasteiger partial charge in [0.15, 0.2) is 0 Å². The maximum atomic E-state index is 12.6. The molecular formula is C19H18BrN3O5. The van der Waals surface area contributed by atoms with E-state index in [0.29, 0.717) is 10.0 Å². The quantitative estimate of drug-likeness (QED) is 0.589. The van der Waals surface area contributed by atoms with Crippen molar-refractivity contribution in [2.75, 3.05) is 13.2 Å². The zero-order valence-electron chi connectivity index (χ0n) is 15.0. The van der Waals surface area contributed by atoms with Gasteiger partial charge in [-0.3, -0.25) is 0 Å². The number of halogens is 1. The first kappa shape index (κ1) is 19.7. The molecule has 3 rings (SSSR count). The van der Waals surface area contributed by atoms with Gasteiger partial charge in [0.2, 0.25) is 0 Å². The van der Waals surface area contributed by atoms with Gasteiger partial charge >= 0.3 is 18.0 Å². The first-order valence-electron chi connectivity index (χ1n) is 8.53. The normalized spacial score (nSPS) is 16.2. The second kappa shape index (κ2) is 8.75. The van der Waals surface area contributed by atoms with Gasteiger partial charge in [-0.15, -0.1) is 0 Å². The molecular weight excluding hydrogens is 430 g/mol. The van der Waals surface area contributed by atoms with Crippen LogP contribution in [0.1, 0.15) is 29.0 Å². The van der Waals surface area contributed by atoms with Gasteiger partial charge in [-0.25, -0.2) is 14.4 Å². The van der Waals surface area contributed by atoms with E-state index in [4.69, 9.17) is 9.47 Å². The van der Waals surface area contributed by atoms with Crippen LogP contribution in [0.3, 0.4) is 0 Å². The second-order valence-electron chi connectivity index (χ2n) is 5.86. The summed E-state index contributed by atoms with van der Waals surface area (Å²) in [6, 6.07) is 9.35. The summed E-state index contributed by atoms with van der Waals surface area (Å²) in [5.74, 6) is -1.22.